The van der Waals surface area contributed by atoms with Crippen LogP contribution in [0.2, 0.25) is 0 Å². The van der Waals surface area contributed by atoms with Crippen molar-refractivity contribution in [2.24, 2.45) is 0 Å². The Hall–Kier alpha value is -1.58. The van der Waals surface area contributed by atoms with Crippen LogP contribution in [0.4, 0.5) is 0 Å². The second kappa shape index (κ2) is 6.46. The first-order valence-corrected chi connectivity index (χ1v) is 7.28. The average Bonchev–Trinajstić information content (AvgIpc) is 2.44. The maximum absolute atomic E-state index is 12.0. The van der Waals surface area contributed by atoms with Crippen molar-refractivity contribution in [3.05, 3.63) is 11.3 Å². The minimum Gasteiger partial charge on any atom is -0.477 e. The highest BCUT2D eigenvalue weighted by molar-refractivity contribution is 8.00. The lowest BCUT2D eigenvalue weighted by Crippen LogP contribution is -2.66. The van der Waals surface area contributed by atoms with Gasteiger partial charge in [0, 0.05) is 18.2 Å². The summed E-state index contributed by atoms with van der Waals surface area (Å²) in [5, 5.41) is 17.6. The number of hydrogen-bond acceptors (Lipinski definition) is 7. The zero-order valence-corrected chi connectivity index (χ0v) is 12.1. The van der Waals surface area contributed by atoms with Crippen molar-refractivity contribution in [1.29, 1.82) is 0 Å². The van der Waals surface area contributed by atoms with E-state index >= 15 is 0 Å². The van der Waals surface area contributed by atoms with Gasteiger partial charge in [0.15, 0.2) is 6.10 Å². The molecule has 2 heterocycles. The summed E-state index contributed by atoms with van der Waals surface area (Å²) in [6, 6.07) is 0. The van der Waals surface area contributed by atoms with E-state index in [0.29, 0.717) is 11.3 Å². The number of aliphatic carboxylic acids is 1. The van der Waals surface area contributed by atoms with Gasteiger partial charge in [0.1, 0.15) is 17.7 Å². The third kappa shape index (κ3) is 3.04. The van der Waals surface area contributed by atoms with Gasteiger partial charge in [-0.1, -0.05) is 0 Å². The van der Waals surface area contributed by atoms with Gasteiger partial charge in [0.25, 0.3) is 5.91 Å². The molecular weight excluding hydrogens is 302 g/mol. The fourth-order valence-corrected chi connectivity index (χ4v) is 3.47. The molecule has 0 spiro atoms. The van der Waals surface area contributed by atoms with Crippen LogP contribution in [0.15, 0.2) is 11.3 Å². The van der Waals surface area contributed by atoms with E-state index in [9.17, 15) is 19.5 Å². The van der Waals surface area contributed by atoms with Gasteiger partial charge in [-0.25, -0.2) is 4.79 Å². The van der Waals surface area contributed by atoms with Gasteiger partial charge in [0.2, 0.25) is 0 Å². The Balaban J connectivity index is 2.16. The molecule has 0 aromatic carbocycles. The molecule has 0 unspecified atom stereocenters. The number of aliphatic hydroxyl groups excluding tert-OH is 1. The van der Waals surface area contributed by atoms with E-state index in [1.165, 1.54) is 18.7 Å². The number of esters is 1. The maximum atomic E-state index is 12.0. The number of rotatable bonds is 6. The van der Waals surface area contributed by atoms with Gasteiger partial charge in [0.05, 0.1) is 13.2 Å². The number of fused-ring (bicyclic) bond motifs is 1. The number of aliphatic hydroxyl groups is 1. The molecule has 21 heavy (non-hydrogen) atoms. The molecule has 0 aromatic rings. The van der Waals surface area contributed by atoms with Crippen molar-refractivity contribution in [2.45, 2.75) is 18.4 Å². The highest BCUT2D eigenvalue weighted by Gasteiger charge is 2.54. The normalized spacial score (nSPS) is 24.5. The Kier molecular flexibility index (Phi) is 4.86. The Labute approximate surface area is 124 Å². The number of amides is 1. The first kappa shape index (κ1) is 15.8. The Morgan fingerprint density at radius 3 is 2.76 bits per heavy atom. The van der Waals surface area contributed by atoms with Crippen molar-refractivity contribution >= 4 is 29.6 Å². The van der Waals surface area contributed by atoms with Crippen LogP contribution in [-0.2, 0) is 23.9 Å². The standard InChI is InChI=1S/C12H15NO7S/c1-6(15)20-4-7-5-21-11-9(19-3-2-14)10(16)13(11)8(7)12(17)18/h9,11,14H,2-5H2,1H3,(H,17,18)/t9-,11+/m0/s1. The van der Waals surface area contributed by atoms with E-state index in [1.807, 2.05) is 0 Å². The maximum Gasteiger partial charge on any atom is 0.352 e. The Morgan fingerprint density at radius 2 is 2.19 bits per heavy atom. The molecule has 2 N–H and O–H groups in total. The zero-order valence-electron chi connectivity index (χ0n) is 11.3. The van der Waals surface area contributed by atoms with Crippen LogP contribution in [0.1, 0.15) is 6.92 Å². The van der Waals surface area contributed by atoms with Crippen molar-refractivity contribution in [3.63, 3.8) is 0 Å². The average molecular weight is 317 g/mol. The predicted molar refractivity (Wildman–Crippen MR) is 71.2 cm³/mol. The lowest BCUT2D eigenvalue weighted by atomic mass is 10.1. The number of thioether (sulfide) groups is 1. The molecule has 2 rings (SSSR count). The molecule has 0 aromatic heterocycles. The molecule has 9 heteroatoms. The highest BCUT2D eigenvalue weighted by atomic mass is 32.2. The smallest absolute Gasteiger partial charge is 0.352 e. The van der Waals surface area contributed by atoms with Crippen LogP contribution < -0.4 is 0 Å². The number of carbonyl (C=O) groups is 3. The van der Waals surface area contributed by atoms with E-state index in [4.69, 9.17) is 14.6 Å². The summed E-state index contributed by atoms with van der Waals surface area (Å²) < 4.78 is 10.0. The monoisotopic (exact) mass is 317 g/mol. The molecule has 1 amide bonds. The van der Waals surface area contributed by atoms with E-state index < -0.39 is 29.3 Å². The second-order valence-corrected chi connectivity index (χ2v) is 5.57. The first-order chi connectivity index (χ1) is 9.97. The van der Waals surface area contributed by atoms with Crippen molar-refractivity contribution in [1.82, 2.24) is 4.90 Å². The molecule has 116 valence electrons. The largest absolute Gasteiger partial charge is 0.477 e. The molecule has 2 aliphatic heterocycles. The van der Waals surface area contributed by atoms with Crippen LogP contribution in [0.3, 0.4) is 0 Å². The fraction of sp³-hybridized carbons (Fsp3) is 0.583. The lowest BCUT2D eigenvalue weighted by molar-refractivity contribution is -0.165. The molecule has 2 aliphatic rings. The van der Waals surface area contributed by atoms with Crippen molar-refractivity contribution < 1.29 is 34.1 Å². The topological polar surface area (TPSA) is 113 Å². The van der Waals surface area contributed by atoms with Gasteiger partial charge < -0.3 is 19.7 Å². The highest BCUT2D eigenvalue weighted by Crippen LogP contribution is 2.41. The fourth-order valence-electron chi connectivity index (χ4n) is 2.15. The molecule has 0 bridgehead atoms. The summed E-state index contributed by atoms with van der Waals surface area (Å²) in [6.07, 6.45) is -0.744. The minimum absolute atomic E-state index is 0.0216. The summed E-state index contributed by atoms with van der Waals surface area (Å²) in [5.41, 5.74) is 0.238. The SMILES string of the molecule is CC(=O)OCC1=C(C(=O)O)N2C(=O)[C@H](OCCO)[C@H]2SC1. The van der Waals surface area contributed by atoms with E-state index in [0.717, 1.165) is 4.90 Å². The molecule has 0 aliphatic carbocycles. The van der Waals surface area contributed by atoms with E-state index in [2.05, 4.69) is 0 Å². The van der Waals surface area contributed by atoms with Crippen molar-refractivity contribution in [3.8, 4) is 0 Å². The molecule has 1 fully saturated rings. The summed E-state index contributed by atoms with van der Waals surface area (Å²) in [7, 11) is 0. The Morgan fingerprint density at radius 1 is 1.48 bits per heavy atom. The van der Waals surface area contributed by atoms with Gasteiger partial charge in [-0.3, -0.25) is 14.5 Å². The number of carboxylic acid groups (broad SMARTS) is 1. The number of β-lactam (4-membered cyclic amide) rings is 1. The first-order valence-electron chi connectivity index (χ1n) is 6.23. The number of carboxylic acids is 1. The molecule has 0 radical (unpaired) electrons. The summed E-state index contributed by atoms with van der Waals surface area (Å²) >= 11 is 1.34. The lowest BCUT2D eigenvalue weighted by Gasteiger charge is -2.48. The summed E-state index contributed by atoms with van der Waals surface area (Å²) in [4.78, 5) is 35.4. The van der Waals surface area contributed by atoms with Crippen LogP contribution in [0.25, 0.3) is 0 Å². The minimum atomic E-state index is -1.24. The number of hydrogen-bond donors (Lipinski definition) is 2. The van der Waals surface area contributed by atoms with Crippen LogP contribution in [0.5, 0.6) is 0 Å². The van der Waals surface area contributed by atoms with E-state index in [-0.39, 0.29) is 25.5 Å². The summed E-state index contributed by atoms with van der Waals surface area (Å²) in [6.45, 7) is 0.893. The quantitative estimate of drug-likeness (QED) is 0.482. The predicted octanol–water partition coefficient (Wildman–Crippen LogP) is -0.819. The van der Waals surface area contributed by atoms with Crippen LogP contribution in [0, 0.1) is 0 Å². The molecule has 2 atom stereocenters. The molecular formula is C12H15NO7S. The van der Waals surface area contributed by atoms with Gasteiger partial charge in [-0.2, -0.15) is 0 Å². The number of nitrogens with zero attached hydrogens (tertiary/aromatic N) is 1. The molecule has 8 nitrogen and oxygen atoms in total. The summed E-state index contributed by atoms with van der Waals surface area (Å²) in [5.74, 6) is -1.88. The third-order valence-electron chi connectivity index (χ3n) is 3.04. The third-order valence-corrected chi connectivity index (χ3v) is 4.35. The number of carbonyl (C=O) groups excluding carboxylic acids is 2. The van der Waals surface area contributed by atoms with Crippen molar-refractivity contribution in [2.75, 3.05) is 25.6 Å². The second-order valence-electron chi connectivity index (χ2n) is 4.46. The van der Waals surface area contributed by atoms with Gasteiger partial charge >= 0.3 is 11.9 Å². The Bertz CT molecular complexity index is 504. The van der Waals surface area contributed by atoms with E-state index in [1.54, 1.807) is 0 Å². The van der Waals surface area contributed by atoms with Gasteiger partial charge in [-0.15, -0.1) is 11.8 Å². The molecule has 0 saturated carbocycles. The van der Waals surface area contributed by atoms with Crippen LogP contribution in [-0.4, -0.2) is 70.0 Å². The zero-order chi connectivity index (χ0) is 15.6. The van der Waals surface area contributed by atoms with Crippen LogP contribution >= 0.6 is 11.8 Å². The van der Waals surface area contributed by atoms with Gasteiger partial charge in [-0.05, 0) is 0 Å². The number of ether oxygens (including phenoxy) is 2. The molecule has 1 saturated heterocycles.